The van der Waals surface area contributed by atoms with E-state index in [1.807, 2.05) is 18.4 Å². The average molecular weight is 162 g/mol. The molecule has 0 aliphatic heterocycles. The fourth-order valence-corrected chi connectivity index (χ4v) is 1.34. The lowest BCUT2D eigenvalue weighted by Crippen LogP contribution is -1.81. The third-order valence-electron chi connectivity index (χ3n) is 1.29. The van der Waals surface area contributed by atoms with Gasteiger partial charge in [0.2, 0.25) is 0 Å². The topological polar surface area (TPSA) is 23.8 Å². The van der Waals surface area contributed by atoms with Gasteiger partial charge in [-0.25, -0.2) is 0 Å². The van der Waals surface area contributed by atoms with E-state index in [4.69, 9.17) is 5.26 Å². The first-order valence-electron chi connectivity index (χ1n) is 3.26. The number of rotatable bonds is 2. The van der Waals surface area contributed by atoms with Gasteiger partial charge < -0.3 is 0 Å². The van der Waals surface area contributed by atoms with Crippen LogP contribution >= 0.6 is 11.8 Å². The lowest BCUT2D eigenvalue weighted by molar-refractivity contribution is 1.38. The van der Waals surface area contributed by atoms with Crippen molar-refractivity contribution in [2.75, 3.05) is 6.26 Å². The Labute approximate surface area is 71.0 Å². The molecule has 1 nitrogen and oxygen atoms in total. The van der Waals surface area contributed by atoms with Crippen LogP contribution in [0.3, 0.4) is 0 Å². The van der Waals surface area contributed by atoms with Crippen molar-refractivity contribution in [1.29, 1.82) is 5.26 Å². The molecule has 1 radical (unpaired) electrons. The van der Waals surface area contributed by atoms with Crippen LogP contribution in [0.1, 0.15) is 11.1 Å². The minimum atomic E-state index is 0.691. The van der Waals surface area contributed by atoms with E-state index in [-0.39, 0.29) is 0 Å². The summed E-state index contributed by atoms with van der Waals surface area (Å²) in [5.74, 6) is 0.950. The highest BCUT2D eigenvalue weighted by molar-refractivity contribution is 7.97. The maximum Gasteiger partial charge on any atom is 0.0991 e. The molecule has 0 aromatic heterocycles. The molecule has 0 saturated carbocycles. The zero-order valence-corrected chi connectivity index (χ0v) is 7.11. The Morgan fingerprint density at radius 3 is 3.09 bits per heavy atom. The Balaban J connectivity index is 2.85. The fourth-order valence-electron chi connectivity index (χ4n) is 0.836. The predicted molar refractivity (Wildman–Crippen MR) is 47.2 cm³/mol. The summed E-state index contributed by atoms with van der Waals surface area (Å²) in [6, 6.07) is 10.5. The summed E-state index contributed by atoms with van der Waals surface area (Å²) < 4.78 is 0. The summed E-state index contributed by atoms with van der Waals surface area (Å²) in [5.41, 5.74) is 1.85. The van der Waals surface area contributed by atoms with Crippen LogP contribution in [0.5, 0.6) is 0 Å². The third-order valence-corrected chi connectivity index (χ3v) is 1.91. The zero-order chi connectivity index (χ0) is 8.10. The lowest BCUT2D eigenvalue weighted by Gasteiger charge is -1.96. The van der Waals surface area contributed by atoms with Gasteiger partial charge in [-0.1, -0.05) is 6.07 Å². The maximum atomic E-state index is 8.55. The van der Waals surface area contributed by atoms with Gasteiger partial charge in [0, 0.05) is 5.75 Å². The van der Waals surface area contributed by atoms with Crippen molar-refractivity contribution in [1.82, 2.24) is 0 Å². The van der Waals surface area contributed by atoms with Crippen LogP contribution in [0.4, 0.5) is 0 Å². The maximum absolute atomic E-state index is 8.55. The SMILES string of the molecule is CSCc1c[c]cc(C#N)c1. The van der Waals surface area contributed by atoms with E-state index in [0.29, 0.717) is 5.56 Å². The Bertz CT molecular complexity index is 275. The van der Waals surface area contributed by atoms with Crippen molar-refractivity contribution in [2.45, 2.75) is 5.75 Å². The first-order valence-corrected chi connectivity index (χ1v) is 4.65. The van der Waals surface area contributed by atoms with E-state index in [1.54, 1.807) is 17.8 Å². The van der Waals surface area contributed by atoms with Crippen molar-refractivity contribution in [3.8, 4) is 6.07 Å². The van der Waals surface area contributed by atoms with Crippen LogP contribution in [0, 0.1) is 17.4 Å². The molecule has 55 valence electrons. The molecule has 2 heteroatoms. The third kappa shape index (κ3) is 2.28. The molecule has 0 bridgehead atoms. The number of nitriles is 1. The highest BCUT2D eigenvalue weighted by atomic mass is 32.2. The first kappa shape index (κ1) is 8.16. The summed E-state index contributed by atoms with van der Waals surface area (Å²) in [6.07, 6.45) is 2.04. The Kier molecular flexibility index (Phi) is 3.00. The average Bonchev–Trinajstić information content (AvgIpc) is 2.06. The largest absolute Gasteiger partial charge is 0.192 e. The standard InChI is InChI=1S/C9H8NS/c1-11-7-9-4-2-3-8(5-9)6-10/h3-5H,7H2,1H3. The highest BCUT2D eigenvalue weighted by Crippen LogP contribution is 2.09. The van der Waals surface area contributed by atoms with Crippen LogP contribution in [-0.2, 0) is 5.75 Å². The van der Waals surface area contributed by atoms with Crippen molar-refractivity contribution >= 4 is 11.8 Å². The smallest absolute Gasteiger partial charge is 0.0991 e. The van der Waals surface area contributed by atoms with Crippen LogP contribution in [-0.4, -0.2) is 6.26 Å². The van der Waals surface area contributed by atoms with Gasteiger partial charge in [-0.3, -0.25) is 0 Å². The Hall–Kier alpha value is -0.940. The number of nitrogens with zero attached hydrogens (tertiary/aromatic N) is 1. The molecule has 0 N–H and O–H groups in total. The van der Waals surface area contributed by atoms with Gasteiger partial charge in [0.1, 0.15) is 0 Å². The molecular formula is C9H8NS. The molecule has 0 aliphatic carbocycles. The summed E-state index contributed by atoms with van der Waals surface area (Å²) in [6.45, 7) is 0. The molecule has 1 aromatic carbocycles. The molecule has 0 saturated heterocycles. The van der Waals surface area contributed by atoms with Crippen LogP contribution in [0.25, 0.3) is 0 Å². The molecule has 0 unspecified atom stereocenters. The van der Waals surface area contributed by atoms with Gasteiger partial charge in [0.25, 0.3) is 0 Å². The van der Waals surface area contributed by atoms with E-state index in [9.17, 15) is 0 Å². The predicted octanol–water partition coefficient (Wildman–Crippen LogP) is 2.22. The summed E-state index contributed by atoms with van der Waals surface area (Å²) in [5, 5.41) is 8.55. The summed E-state index contributed by atoms with van der Waals surface area (Å²) in [7, 11) is 0. The Morgan fingerprint density at radius 1 is 1.64 bits per heavy atom. The van der Waals surface area contributed by atoms with Crippen molar-refractivity contribution in [3.05, 3.63) is 35.4 Å². The second-order valence-corrected chi connectivity index (χ2v) is 3.04. The molecular weight excluding hydrogens is 154 g/mol. The number of hydrogen-bond acceptors (Lipinski definition) is 2. The van der Waals surface area contributed by atoms with Crippen LogP contribution in [0.2, 0.25) is 0 Å². The van der Waals surface area contributed by atoms with E-state index >= 15 is 0 Å². The molecule has 1 aromatic rings. The van der Waals surface area contributed by atoms with E-state index < -0.39 is 0 Å². The first-order chi connectivity index (χ1) is 5.36. The summed E-state index contributed by atoms with van der Waals surface area (Å²) >= 11 is 1.74. The Morgan fingerprint density at radius 2 is 2.45 bits per heavy atom. The molecule has 0 spiro atoms. The van der Waals surface area contributed by atoms with Crippen molar-refractivity contribution < 1.29 is 0 Å². The number of benzene rings is 1. The van der Waals surface area contributed by atoms with Gasteiger partial charge in [-0.05, 0) is 30.0 Å². The molecule has 1 rings (SSSR count). The van der Waals surface area contributed by atoms with Gasteiger partial charge in [0.05, 0.1) is 11.6 Å². The number of hydrogen-bond donors (Lipinski definition) is 0. The number of thioether (sulfide) groups is 1. The van der Waals surface area contributed by atoms with Crippen LogP contribution in [0.15, 0.2) is 18.2 Å². The minimum absolute atomic E-state index is 0.691. The van der Waals surface area contributed by atoms with E-state index in [2.05, 4.69) is 12.1 Å². The summed E-state index contributed by atoms with van der Waals surface area (Å²) in [4.78, 5) is 0. The van der Waals surface area contributed by atoms with Crippen molar-refractivity contribution in [2.24, 2.45) is 0 Å². The van der Waals surface area contributed by atoms with Gasteiger partial charge in [-0.15, -0.1) is 0 Å². The second-order valence-electron chi connectivity index (χ2n) is 2.17. The van der Waals surface area contributed by atoms with Gasteiger partial charge >= 0.3 is 0 Å². The zero-order valence-electron chi connectivity index (χ0n) is 6.29. The monoisotopic (exact) mass is 162 g/mol. The normalized spacial score (nSPS) is 9.09. The fraction of sp³-hybridized carbons (Fsp3) is 0.222. The molecule has 0 aliphatic rings. The molecule has 0 amide bonds. The van der Waals surface area contributed by atoms with Crippen LogP contribution < -0.4 is 0 Å². The molecule has 0 atom stereocenters. The minimum Gasteiger partial charge on any atom is -0.192 e. The van der Waals surface area contributed by atoms with Gasteiger partial charge in [0.15, 0.2) is 0 Å². The van der Waals surface area contributed by atoms with Gasteiger partial charge in [-0.2, -0.15) is 17.0 Å². The van der Waals surface area contributed by atoms with Crippen molar-refractivity contribution in [3.63, 3.8) is 0 Å². The molecule has 0 fully saturated rings. The highest BCUT2D eigenvalue weighted by Gasteiger charge is 1.92. The van der Waals surface area contributed by atoms with E-state index in [0.717, 1.165) is 11.3 Å². The quantitative estimate of drug-likeness (QED) is 0.665. The lowest BCUT2D eigenvalue weighted by atomic mass is 10.2. The second kappa shape index (κ2) is 4.05. The van der Waals surface area contributed by atoms with E-state index in [1.165, 1.54) is 0 Å². The molecule has 11 heavy (non-hydrogen) atoms. The molecule has 0 heterocycles.